The standard InChI is InChI=1S/C13H14OS/c1-15-12-7-2-10(3-8-12)4-9-13(14)11-5-6-11/h2-4,7-9,11H,5-6H2,1H3. The van der Waals surface area contributed by atoms with Crippen molar-refractivity contribution in [1.29, 1.82) is 0 Å². The van der Waals surface area contributed by atoms with Crippen LogP contribution in [0.5, 0.6) is 0 Å². The summed E-state index contributed by atoms with van der Waals surface area (Å²) in [6, 6.07) is 8.24. The van der Waals surface area contributed by atoms with Gasteiger partial charge in [-0.2, -0.15) is 0 Å². The first-order valence-corrected chi connectivity index (χ1v) is 6.38. The van der Waals surface area contributed by atoms with Gasteiger partial charge in [-0.05, 0) is 42.9 Å². The van der Waals surface area contributed by atoms with Crippen LogP contribution >= 0.6 is 11.8 Å². The number of hydrogen-bond donors (Lipinski definition) is 0. The summed E-state index contributed by atoms with van der Waals surface area (Å²) >= 11 is 1.73. The number of ketones is 1. The van der Waals surface area contributed by atoms with Crippen LogP contribution in [0.4, 0.5) is 0 Å². The van der Waals surface area contributed by atoms with Crippen molar-refractivity contribution in [3.8, 4) is 0 Å². The van der Waals surface area contributed by atoms with Crippen molar-refractivity contribution in [3.63, 3.8) is 0 Å². The van der Waals surface area contributed by atoms with Crippen LogP contribution in [-0.4, -0.2) is 12.0 Å². The van der Waals surface area contributed by atoms with Crippen LogP contribution in [0, 0.1) is 5.92 Å². The number of benzene rings is 1. The van der Waals surface area contributed by atoms with Crippen LogP contribution in [0.1, 0.15) is 18.4 Å². The lowest BCUT2D eigenvalue weighted by molar-refractivity contribution is -0.115. The summed E-state index contributed by atoms with van der Waals surface area (Å²) < 4.78 is 0. The Hall–Kier alpha value is -1.02. The second-order valence-corrected chi connectivity index (χ2v) is 4.66. The highest BCUT2D eigenvalue weighted by Crippen LogP contribution is 2.30. The third-order valence-electron chi connectivity index (χ3n) is 2.54. The van der Waals surface area contributed by atoms with E-state index < -0.39 is 0 Å². The molecule has 78 valence electrons. The average molecular weight is 218 g/mol. The molecule has 0 spiro atoms. The number of carbonyl (C=O) groups excluding carboxylic acids is 1. The number of hydrogen-bond acceptors (Lipinski definition) is 2. The highest BCUT2D eigenvalue weighted by Gasteiger charge is 2.27. The molecule has 0 radical (unpaired) electrons. The number of thioether (sulfide) groups is 1. The van der Waals surface area contributed by atoms with Crippen molar-refractivity contribution in [2.45, 2.75) is 17.7 Å². The molecule has 0 aliphatic heterocycles. The normalized spacial score (nSPS) is 15.8. The quantitative estimate of drug-likeness (QED) is 0.569. The van der Waals surface area contributed by atoms with Crippen LogP contribution < -0.4 is 0 Å². The predicted molar refractivity (Wildman–Crippen MR) is 65.0 cm³/mol. The molecule has 0 aromatic heterocycles. The van der Waals surface area contributed by atoms with E-state index in [9.17, 15) is 4.79 Å². The van der Waals surface area contributed by atoms with Crippen LogP contribution in [0.3, 0.4) is 0 Å². The van der Waals surface area contributed by atoms with E-state index in [0.717, 1.165) is 18.4 Å². The molecule has 1 aliphatic rings. The Morgan fingerprint density at radius 1 is 1.33 bits per heavy atom. The van der Waals surface area contributed by atoms with E-state index in [1.54, 1.807) is 17.8 Å². The predicted octanol–water partition coefficient (Wildman–Crippen LogP) is 3.40. The van der Waals surface area contributed by atoms with Crippen molar-refractivity contribution in [1.82, 2.24) is 0 Å². The van der Waals surface area contributed by atoms with Gasteiger partial charge in [0.25, 0.3) is 0 Å². The minimum Gasteiger partial charge on any atom is -0.295 e. The molecule has 1 aromatic rings. The van der Waals surface area contributed by atoms with E-state index in [4.69, 9.17) is 0 Å². The SMILES string of the molecule is CSc1ccc(C=CC(=O)C2CC2)cc1. The first kappa shape index (κ1) is 10.5. The Labute approximate surface area is 94.6 Å². The summed E-state index contributed by atoms with van der Waals surface area (Å²) in [6.45, 7) is 0. The Balaban J connectivity index is 2.00. The topological polar surface area (TPSA) is 17.1 Å². The van der Waals surface area contributed by atoms with Crippen LogP contribution in [0.15, 0.2) is 35.2 Å². The summed E-state index contributed by atoms with van der Waals surface area (Å²) in [6.07, 6.45) is 7.83. The van der Waals surface area contributed by atoms with Gasteiger partial charge in [0.15, 0.2) is 5.78 Å². The number of allylic oxidation sites excluding steroid dienone is 1. The second-order valence-electron chi connectivity index (χ2n) is 3.78. The number of carbonyl (C=O) groups is 1. The van der Waals surface area contributed by atoms with Crippen molar-refractivity contribution in [2.24, 2.45) is 5.92 Å². The van der Waals surface area contributed by atoms with Crippen molar-refractivity contribution < 1.29 is 4.79 Å². The van der Waals surface area contributed by atoms with E-state index in [2.05, 4.69) is 18.4 Å². The summed E-state index contributed by atoms with van der Waals surface area (Å²) in [5.41, 5.74) is 1.10. The van der Waals surface area contributed by atoms with Gasteiger partial charge in [-0.3, -0.25) is 4.79 Å². The van der Waals surface area contributed by atoms with E-state index in [1.165, 1.54) is 4.90 Å². The lowest BCUT2D eigenvalue weighted by Gasteiger charge is -1.96. The average Bonchev–Trinajstić information content (AvgIpc) is 3.10. The van der Waals surface area contributed by atoms with Gasteiger partial charge in [0, 0.05) is 10.8 Å². The molecule has 15 heavy (non-hydrogen) atoms. The molecule has 2 heteroatoms. The van der Waals surface area contributed by atoms with Crippen molar-refractivity contribution in [3.05, 3.63) is 35.9 Å². The van der Waals surface area contributed by atoms with Crippen LogP contribution in [0.25, 0.3) is 6.08 Å². The molecule has 0 amide bonds. The molecule has 0 heterocycles. The summed E-state index contributed by atoms with van der Waals surface area (Å²) in [5.74, 6) is 0.607. The molecule has 0 bridgehead atoms. The third kappa shape index (κ3) is 2.96. The van der Waals surface area contributed by atoms with E-state index in [-0.39, 0.29) is 5.78 Å². The molecule has 0 saturated heterocycles. The first-order valence-electron chi connectivity index (χ1n) is 5.15. The fourth-order valence-electron chi connectivity index (χ4n) is 1.40. The summed E-state index contributed by atoms with van der Waals surface area (Å²) in [7, 11) is 0. The van der Waals surface area contributed by atoms with Crippen molar-refractivity contribution in [2.75, 3.05) is 6.26 Å². The molecule has 1 nitrogen and oxygen atoms in total. The zero-order valence-electron chi connectivity index (χ0n) is 8.77. The van der Waals surface area contributed by atoms with Gasteiger partial charge >= 0.3 is 0 Å². The molecule has 0 N–H and O–H groups in total. The highest BCUT2D eigenvalue weighted by molar-refractivity contribution is 7.98. The van der Waals surface area contributed by atoms with Gasteiger partial charge in [-0.1, -0.05) is 18.2 Å². The Kier molecular flexibility index (Phi) is 3.27. The Bertz CT molecular complexity index is 374. The van der Waals surface area contributed by atoms with Crippen LogP contribution in [0.2, 0.25) is 0 Å². The second kappa shape index (κ2) is 4.67. The molecule has 1 aliphatic carbocycles. The molecule has 0 atom stereocenters. The fourth-order valence-corrected chi connectivity index (χ4v) is 1.81. The molecular formula is C13H14OS. The van der Waals surface area contributed by atoms with Gasteiger partial charge < -0.3 is 0 Å². The third-order valence-corrected chi connectivity index (χ3v) is 3.28. The Morgan fingerprint density at radius 2 is 2.00 bits per heavy atom. The van der Waals surface area contributed by atoms with Gasteiger partial charge in [0.1, 0.15) is 0 Å². The van der Waals surface area contributed by atoms with E-state index in [0.29, 0.717) is 5.92 Å². The van der Waals surface area contributed by atoms with E-state index in [1.807, 2.05) is 18.2 Å². The molecule has 2 rings (SSSR count). The zero-order valence-corrected chi connectivity index (χ0v) is 9.59. The lowest BCUT2D eigenvalue weighted by atomic mass is 10.1. The van der Waals surface area contributed by atoms with Crippen molar-refractivity contribution >= 4 is 23.6 Å². The van der Waals surface area contributed by atoms with Gasteiger partial charge in [-0.25, -0.2) is 0 Å². The lowest BCUT2D eigenvalue weighted by Crippen LogP contribution is -1.93. The van der Waals surface area contributed by atoms with Gasteiger partial charge in [0.05, 0.1) is 0 Å². The van der Waals surface area contributed by atoms with E-state index >= 15 is 0 Å². The zero-order chi connectivity index (χ0) is 10.7. The fraction of sp³-hybridized carbons (Fsp3) is 0.308. The molecular weight excluding hydrogens is 204 g/mol. The summed E-state index contributed by atoms with van der Waals surface area (Å²) in [4.78, 5) is 12.7. The summed E-state index contributed by atoms with van der Waals surface area (Å²) in [5, 5.41) is 0. The smallest absolute Gasteiger partial charge is 0.158 e. The maximum atomic E-state index is 11.4. The minimum absolute atomic E-state index is 0.281. The maximum Gasteiger partial charge on any atom is 0.158 e. The van der Waals surface area contributed by atoms with Gasteiger partial charge in [0.2, 0.25) is 0 Å². The van der Waals surface area contributed by atoms with Gasteiger partial charge in [-0.15, -0.1) is 11.8 Å². The maximum absolute atomic E-state index is 11.4. The monoisotopic (exact) mass is 218 g/mol. The molecule has 1 saturated carbocycles. The first-order chi connectivity index (χ1) is 7.29. The minimum atomic E-state index is 0.281. The highest BCUT2D eigenvalue weighted by atomic mass is 32.2. The Morgan fingerprint density at radius 3 is 2.53 bits per heavy atom. The molecule has 1 aromatic carbocycles. The largest absolute Gasteiger partial charge is 0.295 e. The molecule has 0 unspecified atom stereocenters. The number of rotatable bonds is 4. The van der Waals surface area contributed by atoms with Crippen LogP contribution in [-0.2, 0) is 4.79 Å². The molecule has 1 fully saturated rings.